The lowest BCUT2D eigenvalue weighted by Crippen LogP contribution is -2.49. The molecule has 0 unspecified atom stereocenters. The standard InChI is InChI=1S/C25H33N3O12S.C18H33N3O5S.C15H29N3O5.C9H16O4.C7H16N2O2.CH4/c1-15-18(39-25(36)38-15)14-37-22(33)8-6-11-26-24(35)17(13-23(34)40-28-20(31)9-10-21(28)32)27-19(30)7-4-3-5-12-41-16(2)29;1-13(22)27-11-7-5-6-8-15(23)21-14(17(25)20-10-9-19)12-16(24)26-18(2,3)4;1-14(2,3)22-11(19)9-10(16)12(20)17-7-8-18-13(21)23-15(4,5)6;1-6(8(11)12)5-7(10)13-9(2,3)4;1-7(2,3)11-6(10)9-5-4-8;/h17H,3-14H2,1-2H3,(H,26,35)(H,27,30);14H,5-12,19H2,1-4H3,(H,20,25)(H,21,23);10H,7-9,16H2,1-6H3,(H,17,20)(H,18,21);6H,5H2,1-4H3,(H,11,12);4-5,8H2,1-3H3,(H,9,10);1H4/t17-;14-;10-;6-;;/m0000../s1. The quantitative estimate of drug-likeness (QED) is 0.0175. The lowest BCUT2D eigenvalue weighted by atomic mass is 10.1. The van der Waals surface area contributed by atoms with Crippen LogP contribution in [0.2, 0.25) is 0 Å². The van der Waals surface area contributed by atoms with Crippen LogP contribution in [-0.4, -0.2) is 213 Å². The van der Waals surface area contributed by atoms with E-state index in [2.05, 4.69) is 41.6 Å². The first-order valence-corrected chi connectivity index (χ1v) is 39.4. The number of hydrogen-bond acceptors (Lipinski definition) is 32. The van der Waals surface area contributed by atoms with Gasteiger partial charge in [-0.15, -0.1) is 5.06 Å². The molecule has 0 bridgehead atoms. The number of carboxylic acid groups (broad SMARTS) is 1. The molecule has 1 saturated heterocycles. The van der Waals surface area contributed by atoms with Crippen molar-refractivity contribution in [3.05, 3.63) is 22.1 Å². The lowest BCUT2D eigenvalue weighted by molar-refractivity contribution is -0.197. The van der Waals surface area contributed by atoms with Crippen molar-refractivity contribution in [1.82, 2.24) is 42.3 Å². The van der Waals surface area contributed by atoms with E-state index in [0.29, 0.717) is 43.2 Å². The molecule has 1 aliphatic heterocycles. The van der Waals surface area contributed by atoms with Gasteiger partial charge in [0.05, 0.1) is 37.6 Å². The second-order valence-corrected chi connectivity index (χ2v) is 33.1. The maximum absolute atomic E-state index is 12.8. The Balaban J connectivity index is -0.000000728. The van der Waals surface area contributed by atoms with Gasteiger partial charge in [-0.1, -0.05) is 50.7 Å². The van der Waals surface area contributed by atoms with Gasteiger partial charge in [0.1, 0.15) is 40.1 Å². The van der Waals surface area contributed by atoms with Crippen LogP contribution in [0.15, 0.2) is 13.6 Å². The molecule has 0 radical (unpaired) electrons. The number of hydrogen-bond donors (Lipinski definition) is 11. The normalized spacial score (nSPS) is 12.8. The van der Waals surface area contributed by atoms with Crippen LogP contribution in [0.25, 0.3) is 0 Å². The zero-order chi connectivity index (χ0) is 89.0. The minimum absolute atomic E-state index is 0. The number of carboxylic acids is 1. The number of nitrogens with one attached hydrogen (secondary N) is 7. The Kier molecular flexibility index (Phi) is 58.0. The van der Waals surface area contributed by atoms with Crippen LogP contribution in [0.3, 0.4) is 0 Å². The van der Waals surface area contributed by atoms with Crippen LogP contribution >= 0.6 is 23.5 Å². The number of unbranched alkanes of at least 4 members (excludes halogenated alkanes) is 4. The number of carbonyl (C=O) groups is 17. The lowest BCUT2D eigenvalue weighted by Gasteiger charge is -2.22. The second kappa shape index (κ2) is 59.4. The molecule has 0 spiro atoms. The van der Waals surface area contributed by atoms with Crippen molar-refractivity contribution < 1.29 is 129 Å². The number of ether oxygens (including phenoxy) is 6. The summed E-state index contributed by atoms with van der Waals surface area (Å²) in [7, 11) is 0. The summed E-state index contributed by atoms with van der Waals surface area (Å²) >= 11 is 2.46. The number of alkyl carbamates (subject to hydrolysis) is 2. The fourth-order valence-electron chi connectivity index (χ4n) is 8.30. The maximum atomic E-state index is 12.8. The smallest absolute Gasteiger partial charge is 0.481 e. The van der Waals surface area contributed by atoms with Crippen LogP contribution in [0, 0.1) is 12.8 Å². The highest BCUT2D eigenvalue weighted by Crippen LogP contribution is 2.18. The van der Waals surface area contributed by atoms with Crippen molar-refractivity contribution in [3.8, 4) is 0 Å². The first kappa shape index (κ1) is 113. The molecule has 41 heteroatoms. The van der Waals surface area contributed by atoms with Gasteiger partial charge in [-0.3, -0.25) is 67.1 Å². The van der Waals surface area contributed by atoms with E-state index < -0.39 is 148 Å². The van der Waals surface area contributed by atoms with E-state index >= 15 is 0 Å². The number of esters is 4. The van der Waals surface area contributed by atoms with Crippen molar-refractivity contribution in [2.24, 2.45) is 23.1 Å². The van der Waals surface area contributed by atoms with Crippen molar-refractivity contribution in [2.45, 2.75) is 294 Å². The molecule has 0 saturated carbocycles. The average molecular weight is 1700 g/mol. The molecule has 39 nitrogen and oxygen atoms in total. The van der Waals surface area contributed by atoms with Gasteiger partial charge in [0.2, 0.25) is 29.5 Å². The third kappa shape index (κ3) is 67.0. The van der Waals surface area contributed by atoms with Crippen LogP contribution < -0.4 is 60.2 Å². The summed E-state index contributed by atoms with van der Waals surface area (Å²) in [6, 6.07) is -3.35. The van der Waals surface area contributed by atoms with E-state index in [9.17, 15) is 86.3 Å². The number of amides is 9. The van der Waals surface area contributed by atoms with Crippen LogP contribution in [0.1, 0.15) is 246 Å². The van der Waals surface area contributed by atoms with E-state index in [1.54, 1.807) is 83.1 Å². The van der Waals surface area contributed by atoms with E-state index in [1.165, 1.54) is 51.2 Å². The van der Waals surface area contributed by atoms with Crippen LogP contribution in [-0.2, 0) is 112 Å². The Morgan fingerprint density at radius 2 is 0.853 bits per heavy atom. The van der Waals surface area contributed by atoms with Gasteiger partial charge >= 0.3 is 53.8 Å². The highest BCUT2D eigenvalue weighted by atomic mass is 32.2. The summed E-state index contributed by atoms with van der Waals surface area (Å²) in [6.45, 7) is 33.8. The zero-order valence-corrected chi connectivity index (χ0v) is 71.8. The minimum Gasteiger partial charge on any atom is -0.481 e. The van der Waals surface area contributed by atoms with Crippen molar-refractivity contribution in [3.63, 3.8) is 0 Å². The van der Waals surface area contributed by atoms with Gasteiger partial charge in [0.15, 0.2) is 28.4 Å². The fourth-order valence-corrected chi connectivity index (χ4v) is 9.57. The third-order valence-electron chi connectivity index (χ3n) is 13.2. The van der Waals surface area contributed by atoms with E-state index in [-0.39, 0.29) is 132 Å². The molecule has 1 aromatic heterocycles. The summed E-state index contributed by atoms with van der Waals surface area (Å²) in [5, 5.41) is 26.6. The largest absolute Gasteiger partial charge is 0.519 e. The van der Waals surface area contributed by atoms with Crippen LogP contribution in [0.5, 0.6) is 0 Å². The molecule has 0 aliphatic carbocycles. The Morgan fingerprint density at radius 1 is 0.474 bits per heavy atom. The first-order chi connectivity index (χ1) is 53.0. The maximum Gasteiger partial charge on any atom is 0.519 e. The van der Waals surface area contributed by atoms with E-state index in [1.807, 2.05) is 20.8 Å². The summed E-state index contributed by atoms with van der Waals surface area (Å²) in [6.07, 6.45) is 2.20. The molecular weight excluding hydrogens is 1570 g/mol. The third-order valence-corrected chi connectivity index (χ3v) is 15.0. The number of imide groups is 1. The number of hydroxylamine groups is 2. The number of nitrogens with zero attached hydrogens (tertiary/aromatic N) is 1. The van der Waals surface area contributed by atoms with Crippen molar-refractivity contribution >= 4 is 123 Å². The van der Waals surface area contributed by atoms with Gasteiger partial charge in [-0.05, 0) is 143 Å². The molecule has 116 heavy (non-hydrogen) atoms. The SMILES string of the molecule is C.CC(=O)SCCCCCC(=O)N[C@@H](CC(=O)OC(C)(C)C)C(=O)NCCN.CC(=O)SCCCCCC(=O)N[C@@H](CC(=O)ON1C(=O)CCC1=O)C(=O)NCCCC(=O)OCc1oc(=O)oc1C.CC(C)(C)OC(=O)C[C@H](N)C(=O)NCCNC(=O)OC(C)(C)C.CC(C)(C)OC(=O)NCCN.C[C@@H](CC(=O)OC(C)(C)C)C(=O)O. The molecule has 14 N–H and O–H groups in total. The molecule has 1 fully saturated rings. The van der Waals surface area contributed by atoms with Crippen molar-refractivity contribution in [2.75, 3.05) is 57.3 Å². The number of carbonyl (C=O) groups excluding carboxylic acids is 16. The topological polar surface area (TPSA) is 584 Å². The number of aryl methyl sites for hydroxylation is 1. The average Bonchev–Trinajstić information content (AvgIpc) is 1.70. The molecule has 4 atom stereocenters. The Labute approximate surface area is 688 Å². The Morgan fingerprint density at radius 3 is 1.25 bits per heavy atom. The number of nitrogens with two attached hydrogens (primary N) is 3. The summed E-state index contributed by atoms with van der Waals surface area (Å²) in [5.74, 6) is -8.07. The molecule has 9 amide bonds. The van der Waals surface area contributed by atoms with Gasteiger partial charge in [-0.25, -0.2) is 19.2 Å². The first-order valence-electron chi connectivity index (χ1n) is 37.5. The molecule has 0 aromatic carbocycles. The van der Waals surface area contributed by atoms with E-state index in [4.69, 9.17) is 60.0 Å². The minimum atomic E-state index is -1.37. The van der Waals surface area contributed by atoms with Crippen molar-refractivity contribution in [1.29, 1.82) is 0 Å². The van der Waals surface area contributed by atoms with Gasteiger partial charge in [0.25, 0.3) is 11.8 Å². The molecule has 2 rings (SSSR count). The van der Waals surface area contributed by atoms with Gasteiger partial charge in [-0.2, -0.15) is 0 Å². The highest BCUT2D eigenvalue weighted by molar-refractivity contribution is 8.13. The fraction of sp³-hybridized carbons (Fsp3) is 0.733. The predicted octanol–water partition coefficient (Wildman–Crippen LogP) is 5.15. The molecule has 666 valence electrons. The molecule has 2 heterocycles. The van der Waals surface area contributed by atoms with Gasteiger partial charge in [0, 0.05) is 103 Å². The highest BCUT2D eigenvalue weighted by Gasteiger charge is 2.35. The Bertz CT molecular complexity index is 3330. The molecule has 1 aromatic rings. The monoisotopic (exact) mass is 1700 g/mol. The number of thioether (sulfide) groups is 2. The number of aliphatic carboxylic acids is 1. The summed E-state index contributed by atoms with van der Waals surface area (Å²) < 4.78 is 39.6. The molecule has 1 aliphatic rings. The summed E-state index contributed by atoms with van der Waals surface area (Å²) in [5.41, 5.74) is 13.3. The van der Waals surface area contributed by atoms with Gasteiger partial charge < -0.3 is 102 Å². The van der Waals surface area contributed by atoms with E-state index in [0.717, 1.165) is 25.0 Å². The second-order valence-electron chi connectivity index (χ2n) is 30.5. The predicted molar refractivity (Wildman–Crippen MR) is 428 cm³/mol. The summed E-state index contributed by atoms with van der Waals surface area (Å²) in [4.78, 5) is 214. The zero-order valence-electron chi connectivity index (χ0n) is 70.2. The Hall–Kier alpha value is -9.22. The van der Waals surface area contributed by atoms with Crippen LogP contribution in [0.4, 0.5) is 9.59 Å². The number of rotatable bonds is 40. The molecular formula is C75H131N11O28S2.